The number of aromatic carboxylic acids is 1. The van der Waals surface area contributed by atoms with E-state index in [1.807, 2.05) is 45.3 Å². The van der Waals surface area contributed by atoms with Crippen LogP contribution in [0.5, 0.6) is 5.75 Å². The topological polar surface area (TPSA) is 145 Å². The molecule has 12 heteroatoms. The highest BCUT2D eigenvalue weighted by atomic mass is 35.5. The van der Waals surface area contributed by atoms with Crippen molar-refractivity contribution in [3.05, 3.63) is 68.1 Å². The molecule has 3 aromatic rings. The lowest BCUT2D eigenvalue weighted by molar-refractivity contribution is -0.123. The van der Waals surface area contributed by atoms with E-state index < -0.39 is 22.8 Å². The van der Waals surface area contributed by atoms with E-state index in [0.29, 0.717) is 18.4 Å². The number of fused-ring (bicyclic) bond motifs is 1. The number of hydrogen-bond donors (Lipinski definition) is 4. The molecule has 1 aromatic heterocycles. The SMILES string of the molecule is CCC(=O)NC1CCC(O)(c2cccc(OC)c2)C(CN(C)C)C1.O=C(O)c1nc2cc(Cl)c(Cl)cc2[nH]c1=O. The molecule has 1 heterocycles. The van der Waals surface area contributed by atoms with E-state index in [1.54, 1.807) is 7.11 Å². The van der Waals surface area contributed by atoms with Crippen LogP contribution in [0.2, 0.25) is 10.0 Å². The third kappa shape index (κ3) is 7.51. The van der Waals surface area contributed by atoms with E-state index in [4.69, 9.17) is 33.0 Å². The van der Waals surface area contributed by atoms with Crippen molar-refractivity contribution in [2.75, 3.05) is 27.7 Å². The summed E-state index contributed by atoms with van der Waals surface area (Å²) in [6, 6.07) is 10.6. The Bertz CT molecular complexity index is 1430. The minimum Gasteiger partial charge on any atom is -0.497 e. The number of halogens is 2. The minimum atomic E-state index is -1.39. The summed E-state index contributed by atoms with van der Waals surface area (Å²) in [7, 11) is 5.66. The maximum Gasteiger partial charge on any atom is 0.360 e. The van der Waals surface area contributed by atoms with E-state index >= 15 is 0 Å². The molecule has 1 fully saturated rings. The normalized spacial score (nSPS) is 20.5. The monoisotopic (exact) mass is 592 g/mol. The quantitative estimate of drug-likeness (QED) is 0.321. The fourth-order valence-corrected chi connectivity index (χ4v) is 5.20. The van der Waals surface area contributed by atoms with Crippen molar-refractivity contribution in [3.8, 4) is 5.75 Å². The summed E-state index contributed by atoms with van der Waals surface area (Å²) in [6.45, 7) is 2.63. The number of amides is 1. The fourth-order valence-electron chi connectivity index (χ4n) is 4.88. The van der Waals surface area contributed by atoms with Gasteiger partial charge >= 0.3 is 5.97 Å². The number of carbonyl (C=O) groups excluding carboxylic acids is 1. The number of nitrogens with one attached hydrogen (secondary N) is 2. The van der Waals surface area contributed by atoms with Gasteiger partial charge in [0.05, 0.1) is 33.8 Å². The van der Waals surface area contributed by atoms with Crippen molar-refractivity contribution in [1.82, 2.24) is 20.2 Å². The number of carbonyl (C=O) groups is 2. The van der Waals surface area contributed by atoms with Gasteiger partial charge in [-0.05, 0) is 63.2 Å². The van der Waals surface area contributed by atoms with Gasteiger partial charge in [0.2, 0.25) is 11.6 Å². The van der Waals surface area contributed by atoms with Crippen LogP contribution in [-0.4, -0.2) is 70.7 Å². The Morgan fingerprint density at radius 3 is 2.55 bits per heavy atom. The second-order valence-electron chi connectivity index (χ2n) is 10.0. The highest BCUT2D eigenvalue weighted by Gasteiger charge is 2.44. The molecule has 0 spiro atoms. The maximum absolute atomic E-state index is 11.7. The lowest BCUT2D eigenvalue weighted by Crippen LogP contribution is -2.50. The molecule has 1 aliphatic carbocycles. The zero-order valence-corrected chi connectivity index (χ0v) is 24.3. The van der Waals surface area contributed by atoms with Crippen LogP contribution in [0.3, 0.4) is 0 Å². The molecule has 2 aromatic carbocycles. The molecule has 4 rings (SSSR count). The summed E-state index contributed by atoms with van der Waals surface area (Å²) in [5.74, 6) is -0.508. The Morgan fingerprint density at radius 1 is 1.23 bits per heavy atom. The number of carboxylic acid groups (broad SMARTS) is 1. The van der Waals surface area contributed by atoms with Crippen LogP contribution in [0.4, 0.5) is 0 Å². The van der Waals surface area contributed by atoms with E-state index in [2.05, 4.69) is 20.2 Å². The molecule has 3 unspecified atom stereocenters. The summed E-state index contributed by atoms with van der Waals surface area (Å²) < 4.78 is 5.32. The van der Waals surface area contributed by atoms with Gasteiger partial charge in [0.1, 0.15) is 5.75 Å². The van der Waals surface area contributed by atoms with Gasteiger partial charge in [-0.15, -0.1) is 0 Å². The number of nitrogens with zero attached hydrogens (tertiary/aromatic N) is 2. The maximum atomic E-state index is 11.7. The molecule has 0 saturated heterocycles. The molecule has 1 saturated carbocycles. The number of ether oxygens (including phenoxy) is 1. The number of rotatable bonds is 7. The van der Waals surface area contributed by atoms with Crippen molar-refractivity contribution in [3.63, 3.8) is 0 Å². The molecule has 216 valence electrons. The van der Waals surface area contributed by atoms with Crippen LogP contribution in [0.1, 0.15) is 48.7 Å². The molecule has 0 radical (unpaired) electrons. The third-order valence-corrected chi connectivity index (χ3v) is 7.62. The number of H-pyrrole nitrogens is 1. The van der Waals surface area contributed by atoms with Crippen molar-refractivity contribution >= 4 is 46.1 Å². The molecule has 10 nitrogen and oxygen atoms in total. The zero-order chi connectivity index (χ0) is 29.6. The lowest BCUT2D eigenvalue weighted by atomic mass is 9.69. The predicted octanol–water partition coefficient (Wildman–Crippen LogP) is 4.07. The van der Waals surface area contributed by atoms with Crippen molar-refractivity contribution in [2.45, 2.75) is 44.2 Å². The number of carboxylic acids is 1. The Hall–Kier alpha value is -3.18. The van der Waals surface area contributed by atoms with E-state index in [-0.39, 0.29) is 33.4 Å². The highest BCUT2D eigenvalue weighted by Crippen LogP contribution is 2.43. The van der Waals surface area contributed by atoms with Gasteiger partial charge in [-0.2, -0.15) is 0 Å². The van der Waals surface area contributed by atoms with Gasteiger partial charge in [-0.1, -0.05) is 42.3 Å². The van der Waals surface area contributed by atoms with Crippen LogP contribution in [0, 0.1) is 5.92 Å². The predicted molar refractivity (Wildman–Crippen MR) is 154 cm³/mol. The third-order valence-electron chi connectivity index (χ3n) is 6.90. The smallest absolute Gasteiger partial charge is 0.360 e. The van der Waals surface area contributed by atoms with Gasteiger partial charge in [-0.25, -0.2) is 9.78 Å². The molecule has 1 amide bonds. The summed E-state index contributed by atoms with van der Waals surface area (Å²) in [4.78, 5) is 41.8. The van der Waals surface area contributed by atoms with Crippen LogP contribution in [-0.2, 0) is 10.4 Å². The lowest BCUT2D eigenvalue weighted by Gasteiger charge is -2.44. The molecule has 4 N–H and O–H groups in total. The summed E-state index contributed by atoms with van der Waals surface area (Å²) >= 11 is 11.5. The first kappa shape index (κ1) is 31.3. The van der Waals surface area contributed by atoms with Crippen molar-refractivity contribution in [1.29, 1.82) is 0 Å². The second-order valence-corrected chi connectivity index (χ2v) is 10.8. The number of aliphatic hydroxyl groups is 1. The Kier molecular flexibility index (Phi) is 10.5. The van der Waals surface area contributed by atoms with Crippen LogP contribution in [0.15, 0.2) is 41.2 Å². The van der Waals surface area contributed by atoms with Gasteiger partial charge in [0.25, 0.3) is 5.56 Å². The Morgan fingerprint density at radius 2 is 1.93 bits per heavy atom. The number of aromatic nitrogens is 2. The molecule has 1 aliphatic rings. The van der Waals surface area contributed by atoms with Gasteiger partial charge < -0.3 is 30.2 Å². The first-order valence-corrected chi connectivity index (χ1v) is 13.6. The summed E-state index contributed by atoms with van der Waals surface area (Å²) in [6.07, 6.45) is 2.68. The zero-order valence-electron chi connectivity index (χ0n) is 22.8. The van der Waals surface area contributed by atoms with E-state index in [1.165, 1.54) is 12.1 Å². The highest BCUT2D eigenvalue weighted by molar-refractivity contribution is 6.42. The van der Waals surface area contributed by atoms with Gasteiger partial charge in [0.15, 0.2) is 0 Å². The summed E-state index contributed by atoms with van der Waals surface area (Å²) in [5.41, 5.74) is -0.749. The number of methoxy groups -OCH3 is 1. The van der Waals surface area contributed by atoms with Crippen LogP contribution >= 0.6 is 23.2 Å². The number of benzene rings is 2. The average Bonchev–Trinajstić information content (AvgIpc) is 2.91. The minimum absolute atomic E-state index is 0.0514. The number of hydrogen-bond acceptors (Lipinski definition) is 7. The average molecular weight is 594 g/mol. The molecular weight excluding hydrogens is 559 g/mol. The first-order valence-electron chi connectivity index (χ1n) is 12.8. The molecule has 0 aliphatic heterocycles. The van der Waals surface area contributed by atoms with Crippen LogP contribution in [0.25, 0.3) is 11.0 Å². The second kappa shape index (κ2) is 13.5. The van der Waals surface area contributed by atoms with E-state index in [0.717, 1.165) is 30.7 Å². The Labute approximate surface area is 242 Å². The molecule has 3 atom stereocenters. The largest absolute Gasteiger partial charge is 0.497 e. The van der Waals surface area contributed by atoms with Crippen molar-refractivity contribution < 1.29 is 24.5 Å². The molecular formula is C28H34Cl2N4O6. The molecule has 40 heavy (non-hydrogen) atoms. The summed E-state index contributed by atoms with van der Waals surface area (Å²) in [5, 5.41) is 23.8. The Balaban J connectivity index is 0.000000238. The van der Waals surface area contributed by atoms with Crippen molar-refractivity contribution in [2.24, 2.45) is 5.92 Å². The molecule has 0 bridgehead atoms. The number of aromatic amines is 1. The standard InChI is InChI=1S/C19H30N2O3.C9H4Cl2N2O3/c1-5-18(22)20-16-9-10-19(23,15(11-16)13-21(2)3)14-7-6-8-17(12-14)24-4;10-3-1-5-6(2-4(3)11)13-8(14)7(12-5)9(15)16/h6-8,12,15-16,23H,5,9-11,13H2,1-4H3,(H,20,22);1-2H,(H,13,14)(H,15,16). The van der Waals surface area contributed by atoms with Gasteiger partial charge in [-0.3, -0.25) is 9.59 Å². The van der Waals surface area contributed by atoms with E-state index in [9.17, 15) is 19.5 Å². The van der Waals surface area contributed by atoms with Crippen LogP contribution < -0.4 is 15.6 Å². The fraction of sp³-hybridized carbons (Fsp3) is 0.429. The first-order chi connectivity index (χ1) is 18.9. The van der Waals surface area contributed by atoms with Gasteiger partial charge in [0, 0.05) is 24.9 Å².